The van der Waals surface area contributed by atoms with Crippen molar-refractivity contribution in [1.29, 1.82) is 5.26 Å². The van der Waals surface area contributed by atoms with Crippen molar-refractivity contribution < 1.29 is 0 Å². The third kappa shape index (κ3) is 4.44. The molecule has 4 nitrogen and oxygen atoms in total. The van der Waals surface area contributed by atoms with Crippen molar-refractivity contribution in [3.05, 3.63) is 0 Å². The van der Waals surface area contributed by atoms with Crippen LogP contribution in [0.2, 0.25) is 0 Å². The lowest BCUT2D eigenvalue weighted by molar-refractivity contribution is 0.0909. The van der Waals surface area contributed by atoms with Gasteiger partial charge >= 0.3 is 0 Å². The maximum atomic E-state index is 9.38. The number of hydrogen-bond donors (Lipinski definition) is 1. The minimum absolute atomic E-state index is 0.322. The van der Waals surface area contributed by atoms with Crippen LogP contribution in [0.25, 0.3) is 0 Å². The molecule has 0 bridgehead atoms. The average Bonchev–Trinajstić information content (AvgIpc) is 3.24. The van der Waals surface area contributed by atoms with E-state index in [2.05, 4.69) is 42.1 Å². The van der Waals surface area contributed by atoms with Crippen LogP contribution in [0.5, 0.6) is 0 Å². The van der Waals surface area contributed by atoms with Crippen LogP contribution in [0.3, 0.4) is 0 Å². The van der Waals surface area contributed by atoms with E-state index in [-0.39, 0.29) is 5.54 Å². The number of nitriles is 1. The van der Waals surface area contributed by atoms with Crippen LogP contribution in [0, 0.1) is 11.3 Å². The summed E-state index contributed by atoms with van der Waals surface area (Å²) in [5.74, 6) is 0. The molecule has 0 spiro atoms. The molecule has 2 rings (SSSR count). The van der Waals surface area contributed by atoms with Crippen molar-refractivity contribution in [2.75, 3.05) is 33.2 Å². The van der Waals surface area contributed by atoms with Crippen LogP contribution >= 0.6 is 0 Å². The average molecular weight is 278 g/mol. The zero-order valence-corrected chi connectivity index (χ0v) is 13.4. The first-order chi connectivity index (χ1) is 9.56. The molecule has 1 aliphatic carbocycles. The molecule has 1 heterocycles. The highest BCUT2D eigenvalue weighted by Crippen LogP contribution is 2.24. The van der Waals surface area contributed by atoms with E-state index in [0.29, 0.717) is 12.1 Å². The van der Waals surface area contributed by atoms with Crippen molar-refractivity contribution >= 4 is 0 Å². The van der Waals surface area contributed by atoms with Crippen LogP contribution in [0.4, 0.5) is 0 Å². The normalized spacial score (nSPS) is 28.0. The fourth-order valence-corrected chi connectivity index (χ4v) is 3.15. The Kier molecular flexibility index (Phi) is 5.42. The second kappa shape index (κ2) is 6.89. The predicted octanol–water partition coefficient (Wildman–Crippen LogP) is 1.83. The van der Waals surface area contributed by atoms with Crippen LogP contribution in [0.15, 0.2) is 0 Å². The molecule has 2 aliphatic rings. The molecule has 4 heteroatoms. The summed E-state index contributed by atoms with van der Waals surface area (Å²) in [5, 5.41) is 12.9. The first kappa shape index (κ1) is 15.8. The Bertz CT molecular complexity index is 347. The third-order valence-corrected chi connectivity index (χ3v) is 4.83. The second-order valence-electron chi connectivity index (χ2n) is 6.81. The predicted molar refractivity (Wildman–Crippen MR) is 82.6 cm³/mol. The Morgan fingerprint density at radius 3 is 2.70 bits per heavy atom. The van der Waals surface area contributed by atoms with E-state index in [1.807, 2.05) is 0 Å². The fraction of sp³-hybridized carbons (Fsp3) is 0.938. The maximum absolute atomic E-state index is 9.38. The van der Waals surface area contributed by atoms with Crippen LogP contribution < -0.4 is 5.32 Å². The summed E-state index contributed by atoms with van der Waals surface area (Å²) in [6.45, 7) is 9.00. The molecule has 2 fully saturated rings. The van der Waals surface area contributed by atoms with Crippen LogP contribution in [0.1, 0.15) is 46.0 Å². The fourth-order valence-electron chi connectivity index (χ4n) is 3.15. The Morgan fingerprint density at radius 2 is 2.10 bits per heavy atom. The minimum atomic E-state index is -0.322. The topological polar surface area (TPSA) is 42.3 Å². The van der Waals surface area contributed by atoms with Gasteiger partial charge in [-0.15, -0.1) is 0 Å². The van der Waals surface area contributed by atoms with E-state index in [9.17, 15) is 5.26 Å². The molecule has 0 aromatic rings. The third-order valence-electron chi connectivity index (χ3n) is 4.83. The van der Waals surface area contributed by atoms with Gasteiger partial charge in [-0.2, -0.15) is 5.26 Å². The first-order valence-electron chi connectivity index (χ1n) is 8.18. The quantitative estimate of drug-likeness (QED) is 0.771. The molecule has 0 amide bonds. The second-order valence-corrected chi connectivity index (χ2v) is 6.81. The Balaban J connectivity index is 1.70. The van der Waals surface area contributed by atoms with E-state index in [1.54, 1.807) is 0 Å². The lowest BCUT2D eigenvalue weighted by atomic mass is 9.97. The van der Waals surface area contributed by atoms with Crippen molar-refractivity contribution in [2.45, 2.75) is 63.6 Å². The zero-order chi connectivity index (χ0) is 14.6. The molecule has 1 aliphatic heterocycles. The van der Waals surface area contributed by atoms with Crippen molar-refractivity contribution in [2.24, 2.45) is 0 Å². The van der Waals surface area contributed by atoms with Gasteiger partial charge in [0.2, 0.25) is 0 Å². The molecular formula is C16H30N4. The molecule has 114 valence electrons. The van der Waals surface area contributed by atoms with Gasteiger partial charge < -0.3 is 9.80 Å². The summed E-state index contributed by atoms with van der Waals surface area (Å²) in [5.41, 5.74) is -0.322. The van der Waals surface area contributed by atoms with Crippen LogP contribution in [-0.2, 0) is 0 Å². The van der Waals surface area contributed by atoms with Gasteiger partial charge in [0, 0.05) is 31.7 Å². The van der Waals surface area contributed by atoms with Gasteiger partial charge in [-0.3, -0.25) is 5.32 Å². The zero-order valence-electron chi connectivity index (χ0n) is 13.4. The number of piperazine rings is 1. The van der Waals surface area contributed by atoms with E-state index < -0.39 is 0 Å². The highest BCUT2D eigenvalue weighted by atomic mass is 15.3. The van der Waals surface area contributed by atoms with Gasteiger partial charge in [0.05, 0.1) is 6.07 Å². The Morgan fingerprint density at radius 1 is 1.35 bits per heavy atom. The van der Waals surface area contributed by atoms with Gasteiger partial charge in [-0.1, -0.05) is 6.92 Å². The molecule has 2 unspecified atom stereocenters. The van der Waals surface area contributed by atoms with Crippen molar-refractivity contribution in [1.82, 2.24) is 15.1 Å². The molecule has 1 saturated carbocycles. The Labute approximate surface area is 124 Å². The standard InChI is InChI=1S/C16H30N4/c1-4-15-12-20(11-10-19(15)3)9-5-8-16(2,13-17)18-14-6-7-14/h14-15,18H,4-12H2,1-3H3. The number of rotatable bonds is 7. The molecule has 0 aromatic carbocycles. The summed E-state index contributed by atoms with van der Waals surface area (Å²) in [7, 11) is 2.23. The molecule has 0 aromatic heterocycles. The number of nitrogens with one attached hydrogen (secondary N) is 1. The summed E-state index contributed by atoms with van der Waals surface area (Å²) in [6, 6.07) is 3.79. The smallest absolute Gasteiger partial charge is 0.104 e. The molecule has 1 saturated heterocycles. The molecule has 1 N–H and O–H groups in total. The van der Waals surface area contributed by atoms with E-state index in [0.717, 1.165) is 19.4 Å². The van der Waals surface area contributed by atoms with Crippen LogP contribution in [-0.4, -0.2) is 60.6 Å². The highest BCUT2D eigenvalue weighted by Gasteiger charge is 2.32. The van der Waals surface area contributed by atoms with E-state index in [4.69, 9.17) is 0 Å². The summed E-state index contributed by atoms with van der Waals surface area (Å²) >= 11 is 0. The maximum Gasteiger partial charge on any atom is 0.104 e. The molecule has 2 atom stereocenters. The highest BCUT2D eigenvalue weighted by molar-refractivity contribution is 5.07. The van der Waals surface area contributed by atoms with Gasteiger partial charge in [0.1, 0.15) is 5.54 Å². The number of nitrogens with zero attached hydrogens (tertiary/aromatic N) is 3. The van der Waals surface area contributed by atoms with Gasteiger partial charge in [-0.05, 0) is 52.6 Å². The summed E-state index contributed by atoms with van der Waals surface area (Å²) in [6.07, 6.45) is 5.79. The monoisotopic (exact) mass is 278 g/mol. The van der Waals surface area contributed by atoms with Crippen molar-refractivity contribution in [3.8, 4) is 6.07 Å². The molecular weight excluding hydrogens is 248 g/mol. The SMILES string of the molecule is CCC1CN(CCCC(C)(C#N)NC2CC2)CCN1C. The van der Waals surface area contributed by atoms with Gasteiger partial charge in [0.15, 0.2) is 0 Å². The number of likely N-dealkylation sites (N-methyl/N-ethyl adjacent to an activating group) is 1. The summed E-state index contributed by atoms with van der Waals surface area (Å²) in [4.78, 5) is 5.05. The van der Waals surface area contributed by atoms with E-state index in [1.165, 1.54) is 38.9 Å². The molecule has 0 radical (unpaired) electrons. The minimum Gasteiger partial charge on any atom is -0.301 e. The lowest BCUT2D eigenvalue weighted by Gasteiger charge is -2.39. The van der Waals surface area contributed by atoms with E-state index >= 15 is 0 Å². The van der Waals surface area contributed by atoms with Crippen molar-refractivity contribution in [3.63, 3.8) is 0 Å². The van der Waals surface area contributed by atoms with Gasteiger partial charge in [0.25, 0.3) is 0 Å². The lowest BCUT2D eigenvalue weighted by Crippen LogP contribution is -2.51. The largest absolute Gasteiger partial charge is 0.301 e. The summed E-state index contributed by atoms with van der Waals surface area (Å²) < 4.78 is 0. The molecule has 20 heavy (non-hydrogen) atoms. The first-order valence-corrected chi connectivity index (χ1v) is 8.18. The Hall–Kier alpha value is -0.630. The van der Waals surface area contributed by atoms with Gasteiger partial charge in [-0.25, -0.2) is 0 Å². The number of hydrogen-bond acceptors (Lipinski definition) is 4.